The van der Waals surface area contributed by atoms with Crippen LogP contribution >= 0.6 is 11.6 Å². The van der Waals surface area contributed by atoms with E-state index in [-0.39, 0.29) is 22.3 Å². The van der Waals surface area contributed by atoms with Gasteiger partial charge in [0.05, 0.1) is 11.0 Å². The number of hydrogen-bond acceptors (Lipinski definition) is 3. The van der Waals surface area contributed by atoms with Crippen LogP contribution in [-0.4, -0.2) is 10.8 Å². The molecule has 0 spiro atoms. The molecule has 0 aromatic heterocycles. The Morgan fingerprint density at radius 2 is 1.84 bits per heavy atom. The third kappa shape index (κ3) is 3.46. The molecule has 0 radical (unpaired) electrons. The molecule has 0 heterocycles. The zero-order chi connectivity index (χ0) is 18.0. The zero-order valence-electron chi connectivity index (χ0n) is 13.4. The normalized spacial score (nSPS) is 11.9. The fourth-order valence-electron chi connectivity index (χ4n) is 2.83. The maximum absolute atomic E-state index is 12.5. The van der Waals surface area contributed by atoms with Gasteiger partial charge in [-0.3, -0.25) is 14.9 Å². The summed E-state index contributed by atoms with van der Waals surface area (Å²) >= 11 is 5.80. The highest BCUT2D eigenvalue weighted by molar-refractivity contribution is 6.31. The van der Waals surface area contributed by atoms with Crippen LogP contribution in [0, 0.1) is 10.1 Å². The smallest absolute Gasteiger partial charge is 0.283 e. The largest absolute Gasteiger partial charge is 0.345 e. The van der Waals surface area contributed by atoms with Crippen LogP contribution in [0.4, 0.5) is 5.69 Å². The molecule has 1 unspecified atom stereocenters. The molecule has 0 aliphatic carbocycles. The maximum atomic E-state index is 12.5. The molecule has 6 heteroatoms. The van der Waals surface area contributed by atoms with Gasteiger partial charge >= 0.3 is 0 Å². The molecule has 0 bridgehead atoms. The average molecular weight is 355 g/mol. The average Bonchev–Trinajstić information content (AvgIpc) is 2.60. The number of halogens is 1. The summed E-state index contributed by atoms with van der Waals surface area (Å²) < 4.78 is 0. The summed E-state index contributed by atoms with van der Waals surface area (Å²) in [6.45, 7) is 1.85. The fourth-order valence-corrected chi connectivity index (χ4v) is 2.99. The van der Waals surface area contributed by atoms with Crippen molar-refractivity contribution in [3.63, 3.8) is 0 Å². The Balaban J connectivity index is 1.92. The lowest BCUT2D eigenvalue weighted by atomic mass is 9.99. The minimum absolute atomic E-state index is 0.0125. The molecule has 3 aromatic rings. The minimum Gasteiger partial charge on any atom is -0.345 e. The van der Waals surface area contributed by atoms with E-state index in [1.165, 1.54) is 18.2 Å². The Bertz CT molecular complexity index is 967. The summed E-state index contributed by atoms with van der Waals surface area (Å²) in [7, 11) is 0. The van der Waals surface area contributed by atoms with Gasteiger partial charge in [0.2, 0.25) is 0 Å². The van der Waals surface area contributed by atoms with Gasteiger partial charge in [0, 0.05) is 11.1 Å². The molecule has 126 valence electrons. The van der Waals surface area contributed by atoms with Crippen LogP contribution in [-0.2, 0) is 0 Å². The summed E-state index contributed by atoms with van der Waals surface area (Å²) in [6, 6.07) is 17.4. The molecule has 5 nitrogen and oxygen atoms in total. The Labute approximate surface area is 149 Å². The molecule has 1 N–H and O–H groups in total. The van der Waals surface area contributed by atoms with E-state index in [4.69, 9.17) is 11.6 Å². The van der Waals surface area contributed by atoms with Crippen molar-refractivity contribution in [2.45, 2.75) is 13.0 Å². The van der Waals surface area contributed by atoms with Gasteiger partial charge in [-0.2, -0.15) is 0 Å². The van der Waals surface area contributed by atoms with E-state index in [1.807, 2.05) is 49.4 Å². The monoisotopic (exact) mass is 354 g/mol. The molecule has 0 aliphatic rings. The molecule has 3 aromatic carbocycles. The highest BCUT2D eigenvalue weighted by Crippen LogP contribution is 2.26. The van der Waals surface area contributed by atoms with Crippen molar-refractivity contribution < 1.29 is 9.72 Å². The first-order valence-electron chi connectivity index (χ1n) is 7.70. The van der Waals surface area contributed by atoms with E-state index in [0.717, 1.165) is 16.3 Å². The number of carbonyl (C=O) groups excluding carboxylic acids is 1. The quantitative estimate of drug-likeness (QED) is 0.535. The van der Waals surface area contributed by atoms with E-state index < -0.39 is 10.8 Å². The molecule has 0 saturated carbocycles. The van der Waals surface area contributed by atoms with Crippen LogP contribution in [0.5, 0.6) is 0 Å². The molecule has 1 atom stereocenters. The molecule has 0 saturated heterocycles. The lowest BCUT2D eigenvalue weighted by Crippen LogP contribution is -2.27. The molecular formula is C19H15ClN2O3. The summed E-state index contributed by atoms with van der Waals surface area (Å²) in [5.41, 5.74) is 0.625. The van der Waals surface area contributed by atoms with Crippen molar-refractivity contribution in [1.29, 1.82) is 0 Å². The number of nitro groups is 1. The van der Waals surface area contributed by atoms with Crippen LogP contribution in [0.25, 0.3) is 10.8 Å². The summed E-state index contributed by atoms with van der Waals surface area (Å²) in [5.74, 6) is -0.510. The van der Waals surface area contributed by atoms with Crippen molar-refractivity contribution in [3.05, 3.63) is 86.9 Å². The second-order valence-corrected chi connectivity index (χ2v) is 6.12. The number of carbonyl (C=O) groups is 1. The number of amides is 1. The SMILES string of the molecule is CC(NC(=O)c1ccc(Cl)cc1[N+](=O)[O-])c1cccc2ccccc12. The van der Waals surface area contributed by atoms with Crippen molar-refractivity contribution in [2.24, 2.45) is 0 Å². The lowest BCUT2D eigenvalue weighted by molar-refractivity contribution is -0.385. The number of benzene rings is 3. The topological polar surface area (TPSA) is 72.2 Å². The predicted octanol–water partition coefficient (Wildman–Crippen LogP) is 4.89. The third-order valence-corrected chi connectivity index (χ3v) is 4.27. The lowest BCUT2D eigenvalue weighted by Gasteiger charge is -2.16. The van der Waals surface area contributed by atoms with E-state index in [0.29, 0.717) is 0 Å². The Hall–Kier alpha value is -2.92. The van der Waals surface area contributed by atoms with Crippen LogP contribution in [0.2, 0.25) is 5.02 Å². The van der Waals surface area contributed by atoms with E-state index in [9.17, 15) is 14.9 Å². The third-order valence-electron chi connectivity index (χ3n) is 4.04. The van der Waals surface area contributed by atoms with Crippen LogP contribution in [0.1, 0.15) is 28.9 Å². The van der Waals surface area contributed by atoms with Crippen molar-refractivity contribution in [3.8, 4) is 0 Å². The summed E-state index contributed by atoms with van der Waals surface area (Å²) in [5, 5.41) is 16.3. The van der Waals surface area contributed by atoms with Gasteiger partial charge < -0.3 is 5.32 Å². The van der Waals surface area contributed by atoms with Crippen LogP contribution in [0.15, 0.2) is 60.7 Å². The van der Waals surface area contributed by atoms with Crippen molar-refractivity contribution in [1.82, 2.24) is 5.32 Å². The summed E-state index contributed by atoms with van der Waals surface area (Å²) in [4.78, 5) is 23.1. The number of nitrogens with zero attached hydrogens (tertiary/aromatic N) is 1. The van der Waals surface area contributed by atoms with Gasteiger partial charge in [-0.05, 0) is 35.4 Å². The standard InChI is InChI=1S/C19H15ClN2O3/c1-12(15-8-4-6-13-5-2-3-7-16(13)15)21-19(23)17-10-9-14(20)11-18(17)22(24)25/h2-12H,1H3,(H,21,23). The Morgan fingerprint density at radius 3 is 2.60 bits per heavy atom. The van der Waals surface area contributed by atoms with Gasteiger partial charge in [-0.1, -0.05) is 54.1 Å². The van der Waals surface area contributed by atoms with E-state index in [2.05, 4.69) is 5.32 Å². The number of fused-ring (bicyclic) bond motifs is 1. The first kappa shape index (κ1) is 16.9. The first-order valence-corrected chi connectivity index (χ1v) is 8.07. The second-order valence-electron chi connectivity index (χ2n) is 5.68. The Morgan fingerprint density at radius 1 is 1.12 bits per heavy atom. The Kier molecular flexibility index (Phi) is 4.67. The molecular weight excluding hydrogens is 340 g/mol. The summed E-state index contributed by atoms with van der Waals surface area (Å²) in [6.07, 6.45) is 0. The highest BCUT2D eigenvalue weighted by atomic mass is 35.5. The van der Waals surface area contributed by atoms with Crippen LogP contribution < -0.4 is 5.32 Å². The predicted molar refractivity (Wildman–Crippen MR) is 97.9 cm³/mol. The van der Waals surface area contributed by atoms with Crippen molar-refractivity contribution in [2.75, 3.05) is 0 Å². The van der Waals surface area contributed by atoms with E-state index >= 15 is 0 Å². The molecule has 1 amide bonds. The number of hydrogen-bond donors (Lipinski definition) is 1. The molecule has 0 fully saturated rings. The number of nitro benzene ring substituents is 1. The maximum Gasteiger partial charge on any atom is 0.283 e. The minimum atomic E-state index is -0.608. The van der Waals surface area contributed by atoms with Gasteiger partial charge in [0.1, 0.15) is 5.56 Å². The first-order chi connectivity index (χ1) is 12.0. The molecule has 25 heavy (non-hydrogen) atoms. The molecule has 0 aliphatic heterocycles. The van der Waals surface area contributed by atoms with Gasteiger partial charge in [-0.15, -0.1) is 0 Å². The van der Waals surface area contributed by atoms with E-state index in [1.54, 1.807) is 0 Å². The van der Waals surface area contributed by atoms with Crippen LogP contribution in [0.3, 0.4) is 0 Å². The van der Waals surface area contributed by atoms with Gasteiger partial charge in [0.25, 0.3) is 11.6 Å². The van der Waals surface area contributed by atoms with Gasteiger partial charge in [0.15, 0.2) is 0 Å². The second kappa shape index (κ2) is 6.91. The van der Waals surface area contributed by atoms with Gasteiger partial charge in [-0.25, -0.2) is 0 Å². The highest BCUT2D eigenvalue weighted by Gasteiger charge is 2.22. The number of rotatable bonds is 4. The fraction of sp³-hybridized carbons (Fsp3) is 0.105. The zero-order valence-corrected chi connectivity index (χ0v) is 14.2. The number of nitrogens with one attached hydrogen (secondary N) is 1. The van der Waals surface area contributed by atoms with Crippen molar-refractivity contribution >= 4 is 34.0 Å². The molecule has 3 rings (SSSR count).